The third kappa shape index (κ3) is 3.16. The average molecular weight is 219 g/mol. The summed E-state index contributed by atoms with van der Waals surface area (Å²) in [4.78, 5) is 15.8. The maximum Gasteiger partial charge on any atom is 0.270 e. The van der Waals surface area contributed by atoms with Crippen molar-refractivity contribution in [2.75, 3.05) is 0 Å². The summed E-state index contributed by atoms with van der Waals surface area (Å²) in [6.07, 6.45) is 0. The molecule has 0 saturated carbocycles. The van der Waals surface area contributed by atoms with E-state index >= 15 is 0 Å². The van der Waals surface area contributed by atoms with Crippen LogP contribution >= 0.6 is 0 Å². The molecule has 0 saturated heterocycles. The van der Waals surface area contributed by atoms with Gasteiger partial charge in [0.25, 0.3) is 5.56 Å². The maximum absolute atomic E-state index is 11.7. The maximum atomic E-state index is 11.7. The predicted molar refractivity (Wildman–Crippen MR) is 67.9 cm³/mol. The molecule has 0 atom stereocenters. The molecule has 1 rings (SSSR count). The van der Waals surface area contributed by atoms with E-state index in [9.17, 15) is 4.79 Å². The summed E-state index contributed by atoms with van der Waals surface area (Å²) >= 11 is 0. The van der Waals surface area contributed by atoms with Crippen LogP contribution in [-0.4, -0.2) is 4.98 Å². The second-order valence-electron chi connectivity index (χ2n) is 6.27. The topological polar surface area (TPSA) is 30.0 Å². The summed E-state index contributed by atoms with van der Waals surface area (Å²) < 4.78 is 0. The predicted octanol–water partition coefficient (Wildman–Crippen LogP) is 3.04. The third-order valence-electron chi connectivity index (χ3n) is 2.56. The Hall–Kier alpha value is -1.18. The lowest BCUT2D eigenvalue weighted by atomic mass is 9.87. The van der Waals surface area contributed by atoms with Gasteiger partial charge in [-0.05, 0) is 17.0 Å². The quantitative estimate of drug-likeness (QED) is 0.671. The van der Waals surface area contributed by atoms with E-state index in [-0.39, 0.29) is 16.4 Å². The van der Waals surface area contributed by atoms with Crippen LogP contribution in [0.1, 0.15) is 52.8 Å². The Labute approximate surface area is 97.7 Å². The SMILES string of the molecule is CC(C)(C)c1ccc(C(C)(C)C)nc(=O)c1. The van der Waals surface area contributed by atoms with Gasteiger partial charge in [0.1, 0.15) is 0 Å². The van der Waals surface area contributed by atoms with Gasteiger partial charge in [-0.2, -0.15) is 0 Å². The summed E-state index contributed by atoms with van der Waals surface area (Å²) in [6.45, 7) is 12.5. The Kier molecular flexibility index (Phi) is 3.22. The van der Waals surface area contributed by atoms with E-state index in [1.54, 1.807) is 6.07 Å². The van der Waals surface area contributed by atoms with Gasteiger partial charge in [0.15, 0.2) is 0 Å². The largest absolute Gasteiger partial charge is 0.270 e. The van der Waals surface area contributed by atoms with Gasteiger partial charge in [0.05, 0.1) is 0 Å². The molecule has 0 aliphatic carbocycles. The Morgan fingerprint density at radius 3 is 1.94 bits per heavy atom. The third-order valence-corrected chi connectivity index (χ3v) is 2.56. The van der Waals surface area contributed by atoms with Crippen LogP contribution < -0.4 is 5.56 Å². The Morgan fingerprint density at radius 2 is 1.50 bits per heavy atom. The molecular weight excluding hydrogens is 198 g/mol. The van der Waals surface area contributed by atoms with Crippen molar-refractivity contribution in [2.24, 2.45) is 0 Å². The molecule has 2 nitrogen and oxygen atoms in total. The van der Waals surface area contributed by atoms with Crippen LogP contribution in [0.3, 0.4) is 0 Å². The lowest BCUT2D eigenvalue weighted by Gasteiger charge is -2.17. The zero-order valence-corrected chi connectivity index (χ0v) is 11.1. The van der Waals surface area contributed by atoms with Crippen molar-refractivity contribution in [1.82, 2.24) is 4.98 Å². The number of rotatable bonds is 0. The highest BCUT2D eigenvalue weighted by atomic mass is 16.1. The first-order valence-corrected chi connectivity index (χ1v) is 5.64. The standard InChI is InChI=1S/C14H21NO/c1-13(2,3)10-7-8-11(14(4,5)6)15-12(16)9-10/h7-9H,1-6H3. The molecule has 0 aromatic carbocycles. The molecule has 1 aromatic rings. The van der Waals surface area contributed by atoms with Crippen molar-refractivity contribution < 1.29 is 0 Å². The molecule has 2 heteroatoms. The summed E-state index contributed by atoms with van der Waals surface area (Å²) in [7, 11) is 0. The highest BCUT2D eigenvalue weighted by Gasteiger charge is 2.17. The summed E-state index contributed by atoms with van der Waals surface area (Å²) in [5, 5.41) is 0. The van der Waals surface area contributed by atoms with Crippen LogP contribution in [0.25, 0.3) is 0 Å². The molecule has 1 aromatic heterocycles. The van der Waals surface area contributed by atoms with E-state index in [2.05, 4.69) is 46.5 Å². The first kappa shape index (κ1) is 12.9. The normalized spacial score (nSPS) is 12.6. The van der Waals surface area contributed by atoms with Crippen LogP contribution in [0.2, 0.25) is 0 Å². The highest BCUT2D eigenvalue weighted by Crippen LogP contribution is 2.22. The molecule has 0 aliphatic rings. The minimum atomic E-state index is -0.153. The van der Waals surface area contributed by atoms with Crippen molar-refractivity contribution in [1.29, 1.82) is 0 Å². The van der Waals surface area contributed by atoms with Crippen molar-refractivity contribution >= 4 is 0 Å². The van der Waals surface area contributed by atoms with Crippen LogP contribution in [0.15, 0.2) is 23.0 Å². The number of hydrogen-bond donors (Lipinski definition) is 0. The number of nitrogens with zero attached hydrogens (tertiary/aromatic N) is 1. The number of hydrogen-bond acceptors (Lipinski definition) is 2. The van der Waals surface area contributed by atoms with Crippen LogP contribution in [0, 0.1) is 0 Å². The molecular formula is C14H21NO. The van der Waals surface area contributed by atoms with Gasteiger partial charge in [0.2, 0.25) is 0 Å². The van der Waals surface area contributed by atoms with Crippen molar-refractivity contribution in [3.8, 4) is 0 Å². The lowest BCUT2D eigenvalue weighted by Crippen LogP contribution is -2.16. The van der Waals surface area contributed by atoms with E-state index in [0.29, 0.717) is 0 Å². The molecule has 1 heterocycles. The lowest BCUT2D eigenvalue weighted by molar-refractivity contribution is 0.568. The molecule has 0 aliphatic heterocycles. The summed E-state index contributed by atoms with van der Waals surface area (Å²) in [5.74, 6) is 0. The minimum Gasteiger partial charge on any atom is -0.267 e. The molecule has 0 N–H and O–H groups in total. The molecule has 0 spiro atoms. The minimum absolute atomic E-state index is 0.0188. The molecule has 88 valence electrons. The van der Waals surface area contributed by atoms with E-state index in [1.165, 1.54) is 0 Å². The molecule has 0 bridgehead atoms. The molecule has 0 unspecified atom stereocenters. The van der Waals surface area contributed by atoms with Crippen molar-refractivity contribution in [3.05, 3.63) is 39.8 Å². The van der Waals surface area contributed by atoms with E-state index < -0.39 is 0 Å². The van der Waals surface area contributed by atoms with Gasteiger partial charge in [-0.25, -0.2) is 4.98 Å². The Bertz CT molecular complexity index is 396. The van der Waals surface area contributed by atoms with Gasteiger partial charge < -0.3 is 0 Å². The van der Waals surface area contributed by atoms with E-state index in [1.807, 2.05) is 12.1 Å². The molecule has 0 amide bonds. The van der Waals surface area contributed by atoms with E-state index in [0.717, 1.165) is 11.3 Å². The second kappa shape index (κ2) is 4.00. The summed E-state index contributed by atoms with van der Waals surface area (Å²) in [6, 6.07) is 5.60. The smallest absolute Gasteiger partial charge is 0.267 e. The second-order valence-corrected chi connectivity index (χ2v) is 6.27. The van der Waals surface area contributed by atoms with Gasteiger partial charge in [-0.3, -0.25) is 4.79 Å². The fraction of sp³-hybridized carbons (Fsp3) is 0.571. The van der Waals surface area contributed by atoms with Gasteiger partial charge >= 0.3 is 0 Å². The van der Waals surface area contributed by atoms with Crippen molar-refractivity contribution in [3.63, 3.8) is 0 Å². The zero-order chi connectivity index (χ0) is 12.6. The van der Waals surface area contributed by atoms with Gasteiger partial charge in [0, 0.05) is 17.2 Å². The Balaban J connectivity index is 3.41. The van der Waals surface area contributed by atoms with Gasteiger partial charge in [-0.1, -0.05) is 47.6 Å². The summed E-state index contributed by atoms with van der Waals surface area (Å²) in [5.41, 5.74) is 1.61. The first-order chi connectivity index (χ1) is 7.10. The van der Waals surface area contributed by atoms with Crippen LogP contribution in [0.5, 0.6) is 0 Å². The zero-order valence-electron chi connectivity index (χ0n) is 11.1. The van der Waals surface area contributed by atoms with Gasteiger partial charge in [-0.15, -0.1) is 0 Å². The van der Waals surface area contributed by atoms with Crippen LogP contribution in [0.4, 0.5) is 0 Å². The Morgan fingerprint density at radius 1 is 0.938 bits per heavy atom. The average Bonchev–Trinajstić information content (AvgIpc) is 2.24. The van der Waals surface area contributed by atoms with Crippen molar-refractivity contribution in [2.45, 2.75) is 52.4 Å². The first-order valence-electron chi connectivity index (χ1n) is 5.64. The highest BCUT2D eigenvalue weighted by molar-refractivity contribution is 5.23. The van der Waals surface area contributed by atoms with Crippen LogP contribution in [-0.2, 0) is 10.8 Å². The molecule has 0 fully saturated rings. The fourth-order valence-corrected chi connectivity index (χ4v) is 1.42. The number of aromatic nitrogens is 1. The fourth-order valence-electron chi connectivity index (χ4n) is 1.42. The monoisotopic (exact) mass is 219 g/mol. The molecule has 16 heavy (non-hydrogen) atoms. The van der Waals surface area contributed by atoms with E-state index in [4.69, 9.17) is 0 Å². The molecule has 0 radical (unpaired) electrons.